The topological polar surface area (TPSA) is 150 Å². The van der Waals surface area contributed by atoms with Gasteiger partial charge in [0.1, 0.15) is 11.4 Å². The van der Waals surface area contributed by atoms with Gasteiger partial charge in [0, 0.05) is 11.5 Å². The molecule has 0 saturated heterocycles. The molecule has 11 nitrogen and oxygen atoms in total. The van der Waals surface area contributed by atoms with Crippen LogP contribution in [-0.4, -0.2) is 32.2 Å². The molecule has 0 saturated carbocycles. The average molecular weight is 400 g/mol. The van der Waals surface area contributed by atoms with Crippen molar-refractivity contribution in [2.45, 2.75) is 13.8 Å². The first-order valence-electron chi connectivity index (χ1n) is 8.45. The van der Waals surface area contributed by atoms with Crippen molar-refractivity contribution in [2.24, 2.45) is 0 Å². The van der Waals surface area contributed by atoms with Gasteiger partial charge in [-0.3, -0.25) is 30.3 Å². The summed E-state index contributed by atoms with van der Waals surface area (Å²) in [5, 5.41) is 32.5. The largest absolute Gasteiger partial charge is 0.508 e. The highest BCUT2D eigenvalue weighted by molar-refractivity contribution is 6.06. The number of aromatic hydroxyl groups is 1. The maximum Gasteiger partial charge on any atom is 0.340 e. The van der Waals surface area contributed by atoms with Crippen LogP contribution in [0.1, 0.15) is 23.0 Å². The van der Waals surface area contributed by atoms with Crippen LogP contribution in [0.3, 0.4) is 0 Å². The van der Waals surface area contributed by atoms with Gasteiger partial charge < -0.3 is 9.84 Å². The van der Waals surface area contributed by atoms with Crippen molar-refractivity contribution < 1.29 is 24.5 Å². The Morgan fingerprint density at radius 3 is 2.52 bits per heavy atom. The van der Waals surface area contributed by atoms with Crippen LogP contribution in [0.15, 0.2) is 36.4 Å². The minimum Gasteiger partial charge on any atom is -0.508 e. The number of nitro groups is 2. The number of nitro benzene ring substituents is 2. The van der Waals surface area contributed by atoms with Crippen LogP contribution in [0.2, 0.25) is 0 Å². The van der Waals surface area contributed by atoms with E-state index in [0.29, 0.717) is 16.6 Å². The molecule has 2 N–H and O–H groups in total. The first-order valence-corrected chi connectivity index (χ1v) is 8.45. The minimum absolute atomic E-state index is 0.0101. The van der Waals surface area contributed by atoms with E-state index in [2.05, 4.69) is 5.43 Å². The molecule has 150 valence electrons. The lowest BCUT2D eigenvalue weighted by molar-refractivity contribution is -0.393. The van der Waals surface area contributed by atoms with Gasteiger partial charge in [-0.25, -0.2) is 4.79 Å². The van der Waals surface area contributed by atoms with Crippen molar-refractivity contribution in [3.05, 3.63) is 67.9 Å². The Morgan fingerprint density at radius 1 is 1.17 bits per heavy atom. The lowest BCUT2D eigenvalue weighted by Gasteiger charge is -2.12. The van der Waals surface area contributed by atoms with Gasteiger partial charge in [0.05, 0.1) is 39.3 Å². The standard InChI is InChI=1S/C18H16N4O7/c1-3-29-18(24)17-10(2)20(15-7-5-12(23)9-13(15)17)19-14-6-4-11(21(25)26)8-16(14)22(27)28/h4-9,19,23H,3H2,1-2H3. The molecule has 0 fully saturated rings. The molecule has 0 atom stereocenters. The number of benzene rings is 2. The fourth-order valence-electron chi connectivity index (χ4n) is 3.01. The molecule has 3 rings (SSSR count). The van der Waals surface area contributed by atoms with Gasteiger partial charge in [-0.15, -0.1) is 0 Å². The summed E-state index contributed by atoms with van der Waals surface area (Å²) in [6, 6.07) is 7.52. The predicted octanol–water partition coefficient (Wildman–Crippen LogP) is 3.52. The summed E-state index contributed by atoms with van der Waals surface area (Å²) >= 11 is 0. The molecule has 11 heteroatoms. The number of hydrogen-bond donors (Lipinski definition) is 2. The molecule has 0 aliphatic carbocycles. The van der Waals surface area contributed by atoms with Gasteiger partial charge in [-0.05, 0) is 38.1 Å². The molecule has 1 heterocycles. The molecule has 0 unspecified atom stereocenters. The third-order valence-electron chi connectivity index (χ3n) is 4.29. The zero-order chi connectivity index (χ0) is 21.3. The maximum atomic E-state index is 12.4. The predicted molar refractivity (Wildman–Crippen MR) is 103 cm³/mol. The molecule has 0 aliphatic rings. The molecule has 3 aromatic rings. The number of carbonyl (C=O) groups excluding carboxylic acids is 1. The Balaban J connectivity index is 2.19. The Kier molecular flexibility index (Phi) is 5.05. The number of non-ortho nitro benzene ring substituents is 1. The number of aromatic nitrogens is 1. The van der Waals surface area contributed by atoms with E-state index in [0.717, 1.165) is 12.1 Å². The lowest BCUT2D eigenvalue weighted by atomic mass is 10.1. The van der Waals surface area contributed by atoms with E-state index in [4.69, 9.17) is 4.74 Å². The van der Waals surface area contributed by atoms with Crippen molar-refractivity contribution in [2.75, 3.05) is 12.0 Å². The van der Waals surface area contributed by atoms with Gasteiger partial charge in [0.15, 0.2) is 0 Å². The van der Waals surface area contributed by atoms with Crippen LogP contribution in [0.5, 0.6) is 5.75 Å². The van der Waals surface area contributed by atoms with Crippen molar-refractivity contribution in [3.63, 3.8) is 0 Å². The highest BCUT2D eigenvalue weighted by Gasteiger charge is 2.24. The van der Waals surface area contributed by atoms with E-state index in [-0.39, 0.29) is 23.6 Å². The van der Waals surface area contributed by atoms with Crippen molar-refractivity contribution in [3.8, 4) is 5.75 Å². The summed E-state index contributed by atoms with van der Waals surface area (Å²) in [6.07, 6.45) is 0. The summed E-state index contributed by atoms with van der Waals surface area (Å²) < 4.78 is 6.51. The Labute approximate surface area is 163 Å². The number of fused-ring (bicyclic) bond motifs is 1. The number of esters is 1. The fraction of sp³-hybridized carbons (Fsp3) is 0.167. The van der Waals surface area contributed by atoms with Gasteiger partial charge in [-0.1, -0.05) is 0 Å². The summed E-state index contributed by atoms with van der Waals surface area (Å²) in [5.74, 6) is -0.680. The fourth-order valence-corrected chi connectivity index (χ4v) is 3.01. The highest BCUT2D eigenvalue weighted by atomic mass is 16.6. The van der Waals surface area contributed by atoms with Crippen molar-refractivity contribution in [1.29, 1.82) is 0 Å². The smallest absolute Gasteiger partial charge is 0.340 e. The number of carbonyl (C=O) groups is 1. The van der Waals surface area contributed by atoms with Crippen molar-refractivity contribution >= 4 is 33.9 Å². The Bertz CT molecular complexity index is 1150. The number of anilines is 1. The van der Waals surface area contributed by atoms with Crippen LogP contribution in [0, 0.1) is 27.2 Å². The number of hydrogen-bond acceptors (Lipinski definition) is 8. The van der Waals surface area contributed by atoms with E-state index in [1.807, 2.05) is 0 Å². The van der Waals surface area contributed by atoms with Gasteiger partial charge in [0.25, 0.3) is 5.69 Å². The molecular formula is C18H16N4O7. The van der Waals surface area contributed by atoms with Crippen molar-refractivity contribution in [1.82, 2.24) is 4.68 Å². The van der Waals surface area contributed by atoms with Gasteiger partial charge in [0.2, 0.25) is 0 Å². The average Bonchev–Trinajstić information content (AvgIpc) is 2.92. The Hall–Kier alpha value is -4.15. The number of nitrogens with one attached hydrogen (secondary N) is 1. The molecule has 1 aromatic heterocycles. The van der Waals surface area contributed by atoms with Crippen LogP contribution in [0.25, 0.3) is 10.9 Å². The summed E-state index contributed by atoms with van der Waals surface area (Å²) in [4.78, 5) is 33.3. The van der Waals surface area contributed by atoms with E-state index >= 15 is 0 Å². The first kappa shape index (κ1) is 19.6. The number of phenolic OH excluding ortho intramolecular Hbond substituents is 1. The quantitative estimate of drug-likeness (QED) is 0.362. The van der Waals surface area contributed by atoms with Gasteiger partial charge in [-0.2, -0.15) is 0 Å². The van der Waals surface area contributed by atoms with E-state index in [1.165, 1.54) is 28.9 Å². The SMILES string of the molecule is CCOC(=O)c1c(C)n(Nc2ccc([N+](=O)[O-])cc2[N+](=O)[O-])c2ccc(O)cc12. The second-order valence-corrected chi connectivity index (χ2v) is 6.05. The molecule has 0 radical (unpaired) electrons. The second-order valence-electron chi connectivity index (χ2n) is 6.05. The second kappa shape index (κ2) is 7.46. The molecular weight excluding hydrogens is 384 g/mol. The maximum absolute atomic E-state index is 12.4. The van der Waals surface area contributed by atoms with Crippen LogP contribution in [-0.2, 0) is 4.74 Å². The molecule has 0 bridgehead atoms. The monoisotopic (exact) mass is 400 g/mol. The lowest BCUT2D eigenvalue weighted by Crippen LogP contribution is -2.14. The summed E-state index contributed by atoms with van der Waals surface area (Å²) in [5.41, 5.74) is 2.93. The molecule has 2 aromatic carbocycles. The molecule has 29 heavy (non-hydrogen) atoms. The number of nitrogens with zero attached hydrogens (tertiary/aromatic N) is 3. The zero-order valence-corrected chi connectivity index (χ0v) is 15.4. The normalized spacial score (nSPS) is 10.7. The van der Waals surface area contributed by atoms with Crippen LogP contribution in [0.4, 0.5) is 17.1 Å². The highest BCUT2D eigenvalue weighted by Crippen LogP contribution is 2.33. The van der Waals surface area contributed by atoms with E-state index in [9.17, 15) is 30.1 Å². The number of ether oxygens (including phenoxy) is 1. The minimum atomic E-state index is -0.742. The summed E-state index contributed by atoms with van der Waals surface area (Å²) in [7, 11) is 0. The molecule has 0 aliphatic heterocycles. The molecule has 0 amide bonds. The first-order chi connectivity index (χ1) is 13.7. The van der Waals surface area contributed by atoms with Gasteiger partial charge >= 0.3 is 11.7 Å². The number of phenols is 1. The Morgan fingerprint density at radius 2 is 1.90 bits per heavy atom. The van der Waals surface area contributed by atoms with E-state index in [1.54, 1.807) is 13.8 Å². The third kappa shape index (κ3) is 3.52. The molecule has 0 spiro atoms. The third-order valence-corrected chi connectivity index (χ3v) is 4.29. The van der Waals surface area contributed by atoms with Crippen LogP contribution >= 0.6 is 0 Å². The van der Waals surface area contributed by atoms with Crippen LogP contribution < -0.4 is 5.43 Å². The summed E-state index contributed by atoms with van der Waals surface area (Å²) in [6.45, 7) is 3.40. The number of rotatable bonds is 6. The zero-order valence-electron chi connectivity index (χ0n) is 15.4. The van der Waals surface area contributed by atoms with E-state index < -0.39 is 27.2 Å².